The molecule has 0 bridgehead atoms. The Balaban J connectivity index is 0.000000230. The molecule has 270 valence electrons. The van der Waals surface area contributed by atoms with Gasteiger partial charge in [-0.1, -0.05) is 87.1 Å². The lowest BCUT2D eigenvalue weighted by Gasteiger charge is -2.10. The molecule has 0 spiro atoms. The number of aromatic amines is 1. The Kier molecular flexibility index (Phi) is 15.3. The molecular weight excluding hydrogens is 635 g/mol. The van der Waals surface area contributed by atoms with E-state index < -0.39 is 0 Å². The monoisotopic (exact) mass is 689 g/mol. The molecule has 1 aliphatic rings. The van der Waals surface area contributed by atoms with Crippen LogP contribution < -0.4 is 10.6 Å². The number of aromatic hydroxyl groups is 2. The number of rotatable bonds is 4. The number of fused-ring (bicyclic) bond motifs is 2. The zero-order valence-electron chi connectivity index (χ0n) is 30.3. The molecule has 0 unspecified atom stereocenters. The van der Waals surface area contributed by atoms with E-state index >= 15 is 0 Å². The van der Waals surface area contributed by atoms with Gasteiger partial charge in [0, 0.05) is 11.3 Å². The summed E-state index contributed by atoms with van der Waals surface area (Å²) in [4.78, 5) is 4.16. The van der Waals surface area contributed by atoms with E-state index in [-0.39, 0.29) is 48.4 Å². The largest absolute Gasteiger partial charge is 0.508 e. The van der Waals surface area contributed by atoms with Crippen molar-refractivity contribution in [3.8, 4) is 11.5 Å². The molecule has 0 amide bonds. The molecule has 8 heteroatoms. The molecule has 5 aromatic rings. The first-order valence-corrected chi connectivity index (χ1v) is 16.8. The van der Waals surface area contributed by atoms with Crippen molar-refractivity contribution in [3.63, 3.8) is 0 Å². The molecule has 0 saturated carbocycles. The molecule has 0 saturated heterocycles. The highest BCUT2D eigenvalue weighted by Gasteiger charge is 2.12. The van der Waals surface area contributed by atoms with Crippen LogP contribution in [0, 0.1) is 31.3 Å². The molecule has 5 nitrogen and oxygen atoms in total. The molecule has 50 heavy (non-hydrogen) atoms. The quantitative estimate of drug-likeness (QED) is 0.176. The van der Waals surface area contributed by atoms with Gasteiger partial charge in [0.05, 0.1) is 29.0 Å². The molecule has 0 atom stereocenters. The van der Waals surface area contributed by atoms with Gasteiger partial charge in [-0.3, -0.25) is 10.1 Å². The van der Waals surface area contributed by atoms with Crippen LogP contribution in [-0.2, 0) is 0 Å². The number of phenolic OH excluding ortho intramolecular Hbond substituents is 2. The lowest BCUT2D eigenvalue weighted by atomic mass is 9.97. The first-order valence-electron chi connectivity index (χ1n) is 16.8. The van der Waals surface area contributed by atoms with Crippen molar-refractivity contribution >= 4 is 17.0 Å². The van der Waals surface area contributed by atoms with Gasteiger partial charge in [-0.05, 0) is 101 Å². The first-order chi connectivity index (χ1) is 23.0. The van der Waals surface area contributed by atoms with Gasteiger partial charge in [-0.15, -0.1) is 0 Å². The molecule has 2 heterocycles. The van der Waals surface area contributed by atoms with Crippen LogP contribution in [0.3, 0.4) is 0 Å². The van der Waals surface area contributed by atoms with Gasteiger partial charge >= 0.3 is 0 Å². The summed E-state index contributed by atoms with van der Waals surface area (Å²) in [6.45, 7) is 20.6. The Labute approximate surface area is 295 Å². The predicted molar refractivity (Wildman–Crippen MR) is 201 cm³/mol. The van der Waals surface area contributed by atoms with Crippen molar-refractivity contribution in [2.45, 2.75) is 100 Å². The van der Waals surface area contributed by atoms with Crippen LogP contribution in [0.15, 0.2) is 65.8 Å². The third-order valence-corrected chi connectivity index (χ3v) is 8.35. The number of nitrogens with one attached hydrogen (secondary N) is 1. The average Bonchev–Trinajstić information content (AvgIpc) is 3.68. The number of H-pyrrole nitrogens is 1. The molecule has 1 aliphatic heterocycles. The summed E-state index contributed by atoms with van der Waals surface area (Å²) in [7, 11) is 0. The van der Waals surface area contributed by atoms with Crippen molar-refractivity contribution in [2.75, 3.05) is 6.54 Å². The summed E-state index contributed by atoms with van der Waals surface area (Å²) in [5.41, 5.74) is 6.25. The highest BCUT2D eigenvalue weighted by Crippen LogP contribution is 2.27. The van der Waals surface area contributed by atoms with Crippen molar-refractivity contribution in [3.05, 3.63) is 122 Å². The summed E-state index contributed by atoms with van der Waals surface area (Å²) < 4.78 is 40.6. The lowest BCUT2D eigenvalue weighted by molar-refractivity contribution is 0.466. The third kappa shape index (κ3) is 10.5. The van der Waals surface area contributed by atoms with Crippen molar-refractivity contribution in [1.29, 1.82) is 0 Å². The van der Waals surface area contributed by atoms with E-state index in [4.69, 9.17) is 10.2 Å². The lowest BCUT2D eigenvalue weighted by Crippen LogP contribution is -2.26. The molecule has 0 aliphatic carbocycles. The molecule has 4 aromatic carbocycles. The smallest absolute Gasteiger partial charge is 0.137 e. The minimum absolute atomic E-state index is 0. The molecule has 3 N–H and O–H groups in total. The van der Waals surface area contributed by atoms with Crippen LogP contribution in [0.25, 0.3) is 17.0 Å². The standard InChI is InChI=1S/C11H12FN.C10H11FN2.C10H13FO.C10H14O.CH4/c1-7(2)8-3-4-10-9(11(8)12)5-6-13-10;1-6(2)7-3-4-9-8(10(7)11)5-12-13-9;1-6(2)10-7(3)4-8(12)5-9(10)11;1-7(2)10-5-4-9(11)6-8(10)3;/h3-5,7H,6H2,1-2H3;3-6H,1-2H3,(H,12,13);4-6,12H,1-3H3;4-7,11H,1-3H3;1H4. The molecular formula is C42H54F3N3O2. The van der Waals surface area contributed by atoms with Gasteiger partial charge in [-0.25, -0.2) is 13.2 Å². The molecule has 0 radical (unpaired) electrons. The number of benzene rings is 4. The normalized spacial score (nSPS) is 11.5. The van der Waals surface area contributed by atoms with E-state index in [1.807, 2.05) is 78.8 Å². The summed E-state index contributed by atoms with van der Waals surface area (Å²) in [5.74, 6) is 0.929. The summed E-state index contributed by atoms with van der Waals surface area (Å²) in [6.07, 6.45) is 3.37. The van der Waals surface area contributed by atoms with Crippen LogP contribution in [-0.4, -0.2) is 27.0 Å². The van der Waals surface area contributed by atoms with Crippen molar-refractivity contribution < 1.29 is 23.4 Å². The Bertz CT molecular complexity index is 1970. The maximum atomic E-state index is 13.7. The maximum Gasteiger partial charge on any atom is 0.137 e. The number of aromatic nitrogens is 2. The third-order valence-electron chi connectivity index (χ3n) is 8.35. The Hall–Kier alpha value is -4.59. The van der Waals surface area contributed by atoms with Gasteiger partial charge in [0.25, 0.3) is 0 Å². The Morgan fingerprint density at radius 3 is 1.78 bits per heavy atom. The fourth-order valence-electron chi connectivity index (χ4n) is 5.83. The van der Waals surface area contributed by atoms with Crippen molar-refractivity contribution in [1.82, 2.24) is 10.2 Å². The van der Waals surface area contributed by atoms with E-state index in [0.717, 1.165) is 33.6 Å². The number of hydrogen-bond donors (Lipinski definition) is 3. The minimum atomic E-state index is -0.317. The van der Waals surface area contributed by atoms with E-state index in [1.54, 1.807) is 31.2 Å². The summed E-state index contributed by atoms with van der Waals surface area (Å²) in [6, 6.07) is 15.7. The van der Waals surface area contributed by atoms with Crippen LogP contribution in [0.5, 0.6) is 11.5 Å². The Morgan fingerprint density at radius 1 is 0.660 bits per heavy atom. The number of hydrogen-bond acceptors (Lipinski definition) is 4. The fraction of sp³-hybridized carbons (Fsp3) is 0.381. The van der Waals surface area contributed by atoms with E-state index in [9.17, 15) is 13.2 Å². The van der Waals surface area contributed by atoms with E-state index in [1.165, 1.54) is 17.3 Å². The SMILES string of the molecule is C.CC(C)c1ccc2[nH]ncc2c1F.CC(C)c1ccc2c(c1F)=CCN=2.Cc1cc(O)cc(F)c1C(C)C.Cc1cc(O)ccc1C(C)C. The predicted octanol–water partition coefficient (Wildman–Crippen LogP) is 10.6. The van der Waals surface area contributed by atoms with Gasteiger partial charge in [0.2, 0.25) is 0 Å². The number of phenols is 2. The zero-order valence-corrected chi connectivity index (χ0v) is 30.3. The van der Waals surface area contributed by atoms with E-state index in [0.29, 0.717) is 34.4 Å². The van der Waals surface area contributed by atoms with Crippen molar-refractivity contribution in [2.24, 2.45) is 4.99 Å². The average molecular weight is 690 g/mol. The summed E-state index contributed by atoms with van der Waals surface area (Å²) in [5, 5.41) is 26.8. The van der Waals surface area contributed by atoms with E-state index in [2.05, 4.69) is 29.0 Å². The number of nitrogens with zero attached hydrogens (tertiary/aromatic N) is 2. The minimum Gasteiger partial charge on any atom is -0.508 e. The van der Waals surface area contributed by atoms with Crippen LogP contribution in [0.4, 0.5) is 13.2 Å². The molecule has 0 fully saturated rings. The van der Waals surface area contributed by atoms with Crippen LogP contribution in [0.1, 0.15) is 120 Å². The van der Waals surface area contributed by atoms with Gasteiger partial charge in [-0.2, -0.15) is 5.10 Å². The topological polar surface area (TPSA) is 81.5 Å². The number of halogens is 3. The zero-order chi connectivity index (χ0) is 36.6. The fourth-order valence-corrected chi connectivity index (χ4v) is 5.83. The van der Waals surface area contributed by atoms with Gasteiger partial charge in [0.1, 0.15) is 29.0 Å². The molecule has 6 rings (SSSR count). The summed E-state index contributed by atoms with van der Waals surface area (Å²) >= 11 is 0. The number of aryl methyl sites for hydroxylation is 2. The van der Waals surface area contributed by atoms with Gasteiger partial charge in [0.15, 0.2) is 0 Å². The highest BCUT2D eigenvalue weighted by atomic mass is 19.1. The first kappa shape index (κ1) is 41.6. The van der Waals surface area contributed by atoms with Crippen LogP contribution in [0.2, 0.25) is 0 Å². The maximum absolute atomic E-state index is 13.7. The molecule has 1 aromatic heterocycles. The highest BCUT2D eigenvalue weighted by molar-refractivity contribution is 5.79. The van der Waals surface area contributed by atoms with Gasteiger partial charge < -0.3 is 10.2 Å². The Morgan fingerprint density at radius 2 is 1.22 bits per heavy atom. The second-order valence-electron chi connectivity index (χ2n) is 13.6. The van der Waals surface area contributed by atoms with Crippen LogP contribution >= 0.6 is 0 Å². The second-order valence-corrected chi connectivity index (χ2v) is 13.6. The second kappa shape index (κ2) is 18.4.